The molecule has 0 aromatic carbocycles. The summed E-state index contributed by atoms with van der Waals surface area (Å²) in [7, 11) is 1.27. The lowest BCUT2D eigenvalue weighted by molar-refractivity contribution is 0.399. The summed E-state index contributed by atoms with van der Waals surface area (Å²) in [5.41, 5.74) is 0. The van der Waals surface area contributed by atoms with Crippen LogP contribution in [0.1, 0.15) is 13.8 Å². The first-order valence-corrected chi connectivity index (χ1v) is 7.01. The highest BCUT2D eigenvalue weighted by Gasteiger charge is 2.20. The van der Waals surface area contributed by atoms with Crippen LogP contribution in [0, 0.1) is 0 Å². The monoisotopic (exact) mass is 202 g/mol. The third-order valence-corrected chi connectivity index (χ3v) is 3.18. The van der Waals surface area contributed by atoms with Crippen LogP contribution in [-0.4, -0.2) is 34.4 Å². The van der Waals surface area contributed by atoms with E-state index in [-0.39, 0.29) is 0 Å². The van der Waals surface area contributed by atoms with Crippen LogP contribution in [0.3, 0.4) is 0 Å². The molecule has 0 aliphatic heterocycles. The van der Waals surface area contributed by atoms with Gasteiger partial charge in [0, 0.05) is 13.8 Å². The average Bonchev–Trinajstić information content (AvgIpc) is 2.02. The van der Waals surface area contributed by atoms with Crippen molar-refractivity contribution in [1.29, 1.82) is 0 Å². The van der Waals surface area contributed by atoms with Crippen LogP contribution in [0.5, 0.6) is 0 Å². The van der Waals surface area contributed by atoms with Crippen molar-refractivity contribution < 1.29 is 9.47 Å². The molecule has 13 heavy (non-hydrogen) atoms. The predicted octanol–water partition coefficient (Wildman–Crippen LogP) is 1.82. The van der Waals surface area contributed by atoms with Crippen LogP contribution < -0.4 is 0 Å². The quantitative estimate of drug-likeness (QED) is 0.389. The van der Waals surface area contributed by atoms with Crippen molar-refractivity contribution in [2.75, 3.05) is 14.2 Å². The number of ether oxygens (including phenoxy) is 2. The number of hydrogen-bond donors (Lipinski definition) is 0. The first-order valence-electron chi connectivity index (χ1n) is 4.12. The Morgan fingerprint density at radius 2 is 1.23 bits per heavy atom. The molecule has 4 nitrogen and oxygen atoms in total. The molecular formula is C8H18N2O2Si. The fourth-order valence-electron chi connectivity index (χ4n) is 0.887. The number of hydrogen-bond acceptors (Lipinski definition) is 4. The maximum atomic E-state index is 4.98. The molecule has 0 rings (SSSR count). The standard InChI is InChI=1S/C8H18N2O2Si/c1-7(11-3)9-13(5,6)10-8(2)12-4/h1-6H3. The van der Waals surface area contributed by atoms with E-state index >= 15 is 0 Å². The Kier molecular flexibility index (Phi) is 4.69. The van der Waals surface area contributed by atoms with Crippen molar-refractivity contribution in [2.24, 2.45) is 9.32 Å². The molecule has 0 bridgehead atoms. The molecule has 0 heterocycles. The molecule has 0 atom stereocenters. The molecule has 0 saturated heterocycles. The highest BCUT2D eigenvalue weighted by molar-refractivity contribution is 6.75. The second kappa shape index (κ2) is 5.01. The van der Waals surface area contributed by atoms with Crippen molar-refractivity contribution in [2.45, 2.75) is 26.9 Å². The predicted molar refractivity (Wildman–Crippen MR) is 57.7 cm³/mol. The SMILES string of the molecule is COC(C)=N[Si](C)(C)N=C(C)OC. The van der Waals surface area contributed by atoms with Gasteiger partial charge in [-0.15, -0.1) is 0 Å². The Morgan fingerprint density at radius 1 is 0.923 bits per heavy atom. The molecule has 0 saturated carbocycles. The highest BCUT2D eigenvalue weighted by Crippen LogP contribution is 2.07. The molecule has 76 valence electrons. The summed E-state index contributed by atoms with van der Waals surface area (Å²) in [5.74, 6) is 1.34. The summed E-state index contributed by atoms with van der Waals surface area (Å²) in [4.78, 5) is 0. The van der Waals surface area contributed by atoms with Crippen molar-refractivity contribution in [3.63, 3.8) is 0 Å². The topological polar surface area (TPSA) is 43.2 Å². The van der Waals surface area contributed by atoms with E-state index in [1.54, 1.807) is 14.2 Å². The molecule has 0 aromatic rings. The van der Waals surface area contributed by atoms with Crippen molar-refractivity contribution in [1.82, 2.24) is 0 Å². The van der Waals surface area contributed by atoms with E-state index < -0.39 is 8.40 Å². The highest BCUT2D eigenvalue weighted by atomic mass is 28.3. The zero-order valence-electron chi connectivity index (χ0n) is 9.21. The summed E-state index contributed by atoms with van der Waals surface area (Å²) in [6.45, 7) is 7.70. The lowest BCUT2D eigenvalue weighted by atomic mass is 10.8. The van der Waals surface area contributed by atoms with E-state index in [0.29, 0.717) is 11.8 Å². The van der Waals surface area contributed by atoms with Crippen molar-refractivity contribution in [3.05, 3.63) is 0 Å². The second-order valence-electron chi connectivity index (χ2n) is 3.16. The molecule has 0 unspecified atom stereocenters. The van der Waals surface area contributed by atoms with Gasteiger partial charge in [0.15, 0.2) is 11.8 Å². The summed E-state index contributed by atoms with van der Waals surface area (Å²) in [6, 6.07) is 0. The van der Waals surface area contributed by atoms with Gasteiger partial charge < -0.3 is 9.47 Å². The Bertz CT molecular complexity index is 202. The van der Waals surface area contributed by atoms with Gasteiger partial charge in [-0.25, -0.2) is 0 Å². The Balaban J connectivity index is 4.58. The van der Waals surface area contributed by atoms with E-state index in [9.17, 15) is 0 Å². The molecule has 5 heteroatoms. The van der Waals surface area contributed by atoms with Gasteiger partial charge in [-0.05, 0) is 13.1 Å². The smallest absolute Gasteiger partial charge is 0.304 e. The Hall–Kier alpha value is -0.843. The largest absolute Gasteiger partial charge is 0.485 e. The molecule has 0 fully saturated rings. The normalized spacial score (nSPS) is 14.3. The van der Waals surface area contributed by atoms with Crippen LogP contribution in [0.2, 0.25) is 13.1 Å². The van der Waals surface area contributed by atoms with Gasteiger partial charge >= 0.3 is 8.40 Å². The van der Waals surface area contributed by atoms with Crippen LogP contribution in [-0.2, 0) is 9.47 Å². The average molecular weight is 202 g/mol. The zero-order valence-corrected chi connectivity index (χ0v) is 10.2. The second-order valence-corrected chi connectivity index (χ2v) is 6.60. The molecule has 0 aliphatic carbocycles. The van der Waals surface area contributed by atoms with Gasteiger partial charge in [-0.1, -0.05) is 0 Å². The number of nitrogens with zero attached hydrogens (tertiary/aromatic N) is 2. The van der Waals surface area contributed by atoms with E-state index in [1.165, 1.54) is 0 Å². The number of methoxy groups -OCH3 is 2. The summed E-state index contributed by atoms with van der Waals surface area (Å²) < 4.78 is 18.7. The van der Waals surface area contributed by atoms with E-state index in [0.717, 1.165) is 0 Å². The summed E-state index contributed by atoms with van der Waals surface area (Å²) in [5, 5.41) is 0. The van der Waals surface area contributed by atoms with Gasteiger partial charge in [0.25, 0.3) is 0 Å². The van der Waals surface area contributed by atoms with Gasteiger partial charge in [0.05, 0.1) is 14.2 Å². The van der Waals surface area contributed by atoms with Crippen LogP contribution >= 0.6 is 0 Å². The van der Waals surface area contributed by atoms with E-state index in [4.69, 9.17) is 9.47 Å². The molecule has 0 aliphatic rings. The molecule has 0 radical (unpaired) electrons. The zero-order chi connectivity index (χ0) is 10.5. The van der Waals surface area contributed by atoms with Crippen LogP contribution in [0.15, 0.2) is 9.32 Å². The minimum atomic E-state index is -1.95. The van der Waals surface area contributed by atoms with Crippen LogP contribution in [0.4, 0.5) is 0 Å². The summed E-state index contributed by atoms with van der Waals surface area (Å²) >= 11 is 0. The minimum absolute atomic E-state index is 0.671. The van der Waals surface area contributed by atoms with E-state index in [2.05, 4.69) is 9.32 Å². The molecule has 0 spiro atoms. The summed E-state index contributed by atoms with van der Waals surface area (Å²) in [6.07, 6.45) is 0. The molecule has 0 amide bonds. The van der Waals surface area contributed by atoms with Gasteiger partial charge in [-0.3, -0.25) is 9.32 Å². The lowest BCUT2D eigenvalue weighted by Crippen LogP contribution is -2.24. The molecule has 0 aromatic heterocycles. The van der Waals surface area contributed by atoms with Gasteiger partial charge in [0.1, 0.15) is 0 Å². The Morgan fingerprint density at radius 3 is 1.46 bits per heavy atom. The minimum Gasteiger partial charge on any atom is -0.485 e. The van der Waals surface area contributed by atoms with Gasteiger partial charge in [-0.2, -0.15) is 0 Å². The van der Waals surface area contributed by atoms with Crippen molar-refractivity contribution in [3.8, 4) is 0 Å². The first kappa shape index (κ1) is 12.2. The fourth-order valence-corrected chi connectivity index (χ4v) is 2.66. The third-order valence-electron chi connectivity index (χ3n) is 1.45. The number of rotatable bonds is 2. The maximum absolute atomic E-state index is 4.98. The first-order chi connectivity index (χ1) is 5.91. The third kappa shape index (κ3) is 5.40. The lowest BCUT2D eigenvalue weighted by Gasteiger charge is -2.13. The molecule has 0 N–H and O–H groups in total. The molecular weight excluding hydrogens is 184 g/mol. The maximum Gasteiger partial charge on any atom is 0.304 e. The Labute approximate surface area is 80.9 Å². The van der Waals surface area contributed by atoms with E-state index in [1.807, 2.05) is 26.9 Å². The van der Waals surface area contributed by atoms with Gasteiger partial charge in [0.2, 0.25) is 0 Å². The van der Waals surface area contributed by atoms with Crippen molar-refractivity contribution >= 4 is 20.2 Å². The van der Waals surface area contributed by atoms with Crippen LogP contribution in [0.25, 0.3) is 0 Å². The fraction of sp³-hybridized carbons (Fsp3) is 0.750.